The number of nitrogen functional groups attached to an aromatic ring is 1. The van der Waals surface area contributed by atoms with E-state index in [1.165, 1.54) is 17.1 Å². The summed E-state index contributed by atoms with van der Waals surface area (Å²) in [5.74, 6) is 5.92. The van der Waals surface area contributed by atoms with Gasteiger partial charge < -0.3 is 5.84 Å². The monoisotopic (exact) mass is 162 g/mol. The van der Waals surface area contributed by atoms with Crippen LogP contribution in [0.3, 0.4) is 0 Å². The number of hydrogen-bond donors (Lipinski definition) is 1. The van der Waals surface area contributed by atoms with Gasteiger partial charge in [-0.25, -0.2) is 9.66 Å². The fourth-order valence-electron chi connectivity index (χ4n) is 0.990. The summed E-state index contributed by atoms with van der Waals surface area (Å²) in [5.41, 5.74) is 0.451. The lowest BCUT2D eigenvalue weighted by Crippen LogP contribution is -2.18. The molecular formula is C7H6N4O. The maximum atomic E-state index is 10.8. The maximum Gasteiger partial charge on any atom is 0.271 e. The summed E-state index contributed by atoms with van der Waals surface area (Å²) in [6, 6.07) is 3.02. The first-order chi connectivity index (χ1) is 5.77. The van der Waals surface area contributed by atoms with Crippen LogP contribution >= 0.6 is 0 Å². The Kier molecular flexibility index (Phi) is 1.30. The van der Waals surface area contributed by atoms with Gasteiger partial charge in [-0.15, -0.1) is 0 Å². The summed E-state index contributed by atoms with van der Waals surface area (Å²) in [4.78, 5) is 18.4. The van der Waals surface area contributed by atoms with Crippen LogP contribution in [-0.2, 0) is 0 Å². The fraction of sp³-hybridized carbons (Fsp3) is 0. The molecule has 12 heavy (non-hydrogen) atoms. The molecule has 0 fully saturated rings. The number of rotatable bonds is 0. The molecule has 0 saturated carbocycles. The van der Waals surface area contributed by atoms with E-state index in [4.69, 9.17) is 5.84 Å². The van der Waals surface area contributed by atoms with Crippen molar-refractivity contribution in [2.75, 3.05) is 5.84 Å². The van der Waals surface area contributed by atoms with Crippen LogP contribution in [0.25, 0.3) is 11.4 Å². The summed E-state index contributed by atoms with van der Waals surface area (Å²) < 4.78 is 1.22. The van der Waals surface area contributed by atoms with Gasteiger partial charge in [0, 0.05) is 17.8 Å². The first-order valence-corrected chi connectivity index (χ1v) is 3.36. The van der Waals surface area contributed by atoms with Crippen molar-refractivity contribution in [1.82, 2.24) is 14.6 Å². The van der Waals surface area contributed by atoms with Crippen LogP contribution in [-0.4, -0.2) is 14.6 Å². The minimum absolute atomic E-state index is 0.298. The zero-order valence-corrected chi connectivity index (χ0v) is 6.14. The summed E-state index contributed by atoms with van der Waals surface area (Å²) in [5, 5.41) is 0. The molecular weight excluding hydrogens is 156 g/mol. The standard InChI is InChI=1S/C7H6N4O/c8-11-4-9-3-5-1-2-6(12)10-7(5)11/h1-4H,8H2. The Labute approximate surface area is 67.8 Å². The highest BCUT2D eigenvalue weighted by molar-refractivity contribution is 5.53. The van der Waals surface area contributed by atoms with Crippen LogP contribution in [0, 0.1) is 0 Å². The van der Waals surface area contributed by atoms with Crippen molar-refractivity contribution < 1.29 is 0 Å². The van der Waals surface area contributed by atoms with Crippen molar-refractivity contribution in [2.24, 2.45) is 0 Å². The highest BCUT2D eigenvalue weighted by Gasteiger charge is 2.05. The molecule has 0 aromatic carbocycles. The number of nitrogens with zero attached hydrogens (tertiary/aromatic N) is 3. The largest absolute Gasteiger partial charge is 0.336 e. The van der Waals surface area contributed by atoms with Gasteiger partial charge in [0.15, 0.2) is 5.82 Å². The third-order valence-corrected chi connectivity index (χ3v) is 1.53. The van der Waals surface area contributed by atoms with Gasteiger partial charge in [0.1, 0.15) is 6.33 Å². The summed E-state index contributed by atoms with van der Waals surface area (Å²) in [6.45, 7) is 0. The van der Waals surface area contributed by atoms with Gasteiger partial charge in [0.25, 0.3) is 5.56 Å². The topological polar surface area (TPSA) is 73.8 Å². The van der Waals surface area contributed by atoms with E-state index in [0.717, 1.165) is 5.56 Å². The van der Waals surface area contributed by atoms with E-state index >= 15 is 0 Å². The summed E-state index contributed by atoms with van der Waals surface area (Å²) in [6.07, 6.45) is 3.00. The van der Waals surface area contributed by atoms with Crippen molar-refractivity contribution in [3.8, 4) is 11.4 Å². The summed E-state index contributed by atoms with van der Waals surface area (Å²) >= 11 is 0. The number of fused-ring (bicyclic) bond motifs is 1. The predicted molar refractivity (Wildman–Crippen MR) is 43.1 cm³/mol. The Hall–Kier alpha value is -1.91. The molecule has 2 aliphatic rings. The van der Waals surface area contributed by atoms with Crippen LogP contribution in [0.4, 0.5) is 0 Å². The van der Waals surface area contributed by atoms with Crippen molar-refractivity contribution in [3.05, 3.63) is 35.0 Å². The smallest absolute Gasteiger partial charge is 0.271 e. The van der Waals surface area contributed by atoms with Gasteiger partial charge in [0.2, 0.25) is 0 Å². The molecule has 0 aliphatic carbocycles. The minimum atomic E-state index is -0.298. The lowest BCUT2D eigenvalue weighted by Gasteiger charge is -2.06. The first kappa shape index (κ1) is 6.78. The average molecular weight is 162 g/mol. The second kappa shape index (κ2) is 2.30. The maximum absolute atomic E-state index is 10.8. The highest BCUT2D eigenvalue weighted by atomic mass is 16.1. The third kappa shape index (κ3) is 0.914. The van der Waals surface area contributed by atoms with E-state index in [2.05, 4.69) is 9.97 Å². The van der Waals surface area contributed by atoms with Crippen molar-refractivity contribution in [2.45, 2.75) is 0 Å². The molecule has 60 valence electrons. The number of pyridine rings is 1. The van der Waals surface area contributed by atoms with Crippen LogP contribution in [0.1, 0.15) is 0 Å². The second-order valence-electron chi connectivity index (χ2n) is 2.36. The molecule has 2 rings (SSSR count). The molecule has 0 spiro atoms. The minimum Gasteiger partial charge on any atom is -0.336 e. The Bertz CT molecular complexity index is 436. The quantitative estimate of drug-likeness (QED) is 0.528. The number of nitrogens with two attached hydrogens (primary N) is 1. The molecule has 0 unspecified atom stereocenters. The molecule has 0 atom stereocenters. The van der Waals surface area contributed by atoms with E-state index in [0.29, 0.717) is 5.82 Å². The van der Waals surface area contributed by atoms with E-state index in [1.807, 2.05) is 0 Å². The van der Waals surface area contributed by atoms with E-state index in [-0.39, 0.29) is 5.56 Å². The van der Waals surface area contributed by atoms with E-state index < -0.39 is 0 Å². The van der Waals surface area contributed by atoms with Crippen LogP contribution in [0.2, 0.25) is 0 Å². The van der Waals surface area contributed by atoms with Crippen LogP contribution in [0.5, 0.6) is 0 Å². The Morgan fingerprint density at radius 1 is 1.42 bits per heavy atom. The van der Waals surface area contributed by atoms with Gasteiger partial charge in [-0.05, 0) is 6.07 Å². The second-order valence-corrected chi connectivity index (χ2v) is 2.36. The van der Waals surface area contributed by atoms with Crippen molar-refractivity contribution >= 4 is 0 Å². The Balaban J connectivity index is 2.87. The molecule has 0 saturated heterocycles. The Morgan fingerprint density at radius 2 is 2.25 bits per heavy atom. The number of hydrogen-bond acceptors (Lipinski definition) is 4. The molecule has 0 bridgehead atoms. The van der Waals surface area contributed by atoms with Crippen LogP contribution < -0.4 is 11.4 Å². The van der Waals surface area contributed by atoms with Crippen molar-refractivity contribution in [1.29, 1.82) is 0 Å². The van der Waals surface area contributed by atoms with Gasteiger partial charge >= 0.3 is 0 Å². The fourth-order valence-corrected chi connectivity index (χ4v) is 0.990. The van der Waals surface area contributed by atoms with Gasteiger partial charge in [-0.2, -0.15) is 4.98 Å². The lowest BCUT2D eigenvalue weighted by atomic mass is 10.2. The van der Waals surface area contributed by atoms with E-state index in [1.54, 1.807) is 12.3 Å². The molecule has 0 amide bonds. The SMILES string of the molecule is Nn1cncc2ccc(=O)nc1-2. The highest BCUT2D eigenvalue weighted by Crippen LogP contribution is 2.11. The molecule has 2 N–H and O–H groups in total. The van der Waals surface area contributed by atoms with Gasteiger partial charge in [0.05, 0.1) is 0 Å². The van der Waals surface area contributed by atoms with Gasteiger partial charge in [-0.3, -0.25) is 4.79 Å². The molecule has 0 aromatic rings. The van der Waals surface area contributed by atoms with Crippen molar-refractivity contribution in [3.63, 3.8) is 0 Å². The summed E-state index contributed by atoms with van der Waals surface area (Å²) in [7, 11) is 0. The van der Waals surface area contributed by atoms with Crippen LogP contribution in [0.15, 0.2) is 29.5 Å². The molecule has 2 heterocycles. The lowest BCUT2D eigenvalue weighted by molar-refractivity contribution is 0.900. The zero-order valence-electron chi connectivity index (χ0n) is 6.14. The number of aromatic nitrogens is 3. The molecule has 0 radical (unpaired) electrons. The average Bonchev–Trinajstić information content (AvgIpc) is 2.07. The predicted octanol–water partition coefficient (Wildman–Crippen LogP) is -0.543. The molecule has 2 aliphatic heterocycles. The Morgan fingerprint density at radius 3 is 3.08 bits per heavy atom. The molecule has 5 nitrogen and oxygen atoms in total. The third-order valence-electron chi connectivity index (χ3n) is 1.53. The normalized spacial score (nSPS) is 10.3. The molecule has 5 heteroatoms. The van der Waals surface area contributed by atoms with E-state index in [9.17, 15) is 4.79 Å². The van der Waals surface area contributed by atoms with Gasteiger partial charge in [-0.1, -0.05) is 0 Å². The zero-order chi connectivity index (χ0) is 8.55. The first-order valence-electron chi connectivity index (χ1n) is 3.36. The molecule has 0 aromatic heterocycles.